The van der Waals surface area contributed by atoms with Crippen LogP contribution in [0.4, 0.5) is 0 Å². The standard InChI is InChI=1S/C31H56S/c1-14-17-24(2)32-21-16-20-28(6,7)29(8,9)23-30(10,11)31(12,13)26-19-15-18-25(22-26)27(3,4)5/h15,18-19,22,24H,14,16-17,20-21,23H2,1-13H3. The van der Waals surface area contributed by atoms with E-state index >= 15 is 0 Å². The van der Waals surface area contributed by atoms with Crippen molar-refractivity contribution >= 4 is 11.8 Å². The first kappa shape index (κ1) is 29.6. The molecule has 32 heavy (non-hydrogen) atoms. The Kier molecular flexibility index (Phi) is 10.1. The number of hydrogen-bond acceptors (Lipinski definition) is 1. The number of benzene rings is 1. The lowest BCUT2D eigenvalue weighted by atomic mass is 9.53. The molecule has 1 rings (SSSR count). The van der Waals surface area contributed by atoms with Gasteiger partial charge in [0, 0.05) is 5.25 Å². The minimum absolute atomic E-state index is 0.104. The van der Waals surface area contributed by atoms with Gasteiger partial charge in [-0.2, -0.15) is 11.8 Å². The zero-order chi connectivity index (χ0) is 25.0. The van der Waals surface area contributed by atoms with Crippen LogP contribution in [0.5, 0.6) is 0 Å². The fourth-order valence-electron chi connectivity index (χ4n) is 4.96. The van der Waals surface area contributed by atoms with Gasteiger partial charge in [0.25, 0.3) is 0 Å². The van der Waals surface area contributed by atoms with Crippen LogP contribution in [0.1, 0.15) is 133 Å². The van der Waals surface area contributed by atoms with E-state index in [1.807, 2.05) is 0 Å². The molecule has 0 bridgehead atoms. The maximum absolute atomic E-state index is 2.52. The lowest BCUT2D eigenvalue weighted by molar-refractivity contribution is 0.0170. The van der Waals surface area contributed by atoms with E-state index in [2.05, 4.69) is 126 Å². The highest BCUT2D eigenvalue weighted by atomic mass is 32.2. The second-order valence-corrected chi connectivity index (χ2v) is 15.4. The van der Waals surface area contributed by atoms with Gasteiger partial charge in [0.05, 0.1) is 0 Å². The molecule has 0 spiro atoms. The molecule has 1 aromatic rings. The van der Waals surface area contributed by atoms with Gasteiger partial charge < -0.3 is 0 Å². The molecule has 1 aromatic carbocycles. The highest BCUT2D eigenvalue weighted by Crippen LogP contribution is 2.54. The van der Waals surface area contributed by atoms with Gasteiger partial charge in [0.2, 0.25) is 0 Å². The summed E-state index contributed by atoms with van der Waals surface area (Å²) < 4.78 is 0. The van der Waals surface area contributed by atoms with Gasteiger partial charge in [-0.1, -0.05) is 121 Å². The minimum Gasteiger partial charge on any atom is -0.159 e. The van der Waals surface area contributed by atoms with Crippen molar-refractivity contribution in [1.29, 1.82) is 0 Å². The van der Waals surface area contributed by atoms with Gasteiger partial charge in [-0.25, -0.2) is 0 Å². The van der Waals surface area contributed by atoms with Crippen molar-refractivity contribution in [2.24, 2.45) is 16.2 Å². The molecule has 0 amide bonds. The normalized spacial score (nSPS) is 15.2. The van der Waals surface area contributed by atoms with Crippen molar-refractivity contribution < 1.29 is 0 Å². The van der Waals surface area contributed by atoms with Crippen LogP contribution in [0.25, 0.3) is 0 Å². The van der Waals surface area contributed by atoms with Gasteiger partial charge in [-0.15, -0.1) is 0 Å². The molecule has 186 valence electrons. The van der Waals surface area contributed by atoms with Crippen molar-refractivity contribution in [1.82, 2.24) is 0 Å². The molecular formula is C31H56S. The summed E-state index contributed by atoms with van der Waals surface area (Å²) >= 11 is 2.17. The average Bonchev–Trinajstić information content (AvgIpc) is 2.64. The molecule has 0 radical (unpaired) electrons. The summed E-state index contributed by atoms with van der Waals surface area (Å²) in [6.45, 7) is 31.6. The highest BCUT2D eigenvalue weighted by molar-refractivity contribution is 7.99. The van der Waals surface area contributed by atoms with E-state index in [0.717, 1.165) is 5.25 Å². The quantitative estimate of drug-likeness (QED) is 0.279. The van der Waals surface area contributed by atoms with Crippen LogP contribution < -0.4 is 0 Å². The van der Waals surface area contributed by atoms with Gasteiger partial charge in [0.15, 0.2) is 0 Å². The summed E-state index contributed by atoms with van der Waals surface area (Å²) in [5.41, 5.74) is 3.99. The predicted molar refractivity (Wildman–Crippen MR) is 150 cm³/mol. The summed E-state index contributed by atoms with van der Waals surface area (Å²) in [6.07, 6.45) is 6.50. The molecular weight excluding hydrogens is 404 g/mol. The Morgan fingerprint density at radius 2 is 1.34 bits per heavy atom. The van der Waals surface area contributed by atoms with Crippen LogP contribution in [0.15, 0.2) is 24.3 Å². The Hall–Kier alpha value is -0.430. The van der Waals surface area contributed by atoms with Crippen LogP contribution in [0.3, 0.4) is 0 Å². The van der Waals surface area contributed by atoms with Crippen molar-refractivity contribution in [3.8, 4) is 0 Å². The van der Waals surface area contributed by atoms with Crippen LogP contribution in [-0.2, 0) is 10.8 Å². The van der Waals surface area contributed by atoms with E-state index in [4.69, 9.17) is 0 Å². The summed E-state index contributed by atoms with van der Waals surface area (Å²) in [7, 11) is 0. The zero-order valence-electron chi connectivity index (χ0n) is 24.0. The summed E-state index contributed by atoms with van der Waals surface area (Å²) in [5, 5.41) is 0.805. The Morgan fingerprint density at radius 1 is 0.781 bits per heavy atom. The molecule has 0 fully saturated rings. The molecule has 1 atom stereocenters. The second kappa shape index (κ2) is 10.9. The smallest absolute Gasteiger partial charge is 0.00186 e. The van der Waals surface area contributed by atoms with Gasteiger partial charge in [0.1, 0.15) is 0 Å². The summed E-state index contributed by atoms with van der Waals surface area (Å²) in [6, 6.07) is 9.37. The first-order valence-electron chi connectivity index (χ1n) is 13.1. The predicted octanol–water partition coefficient (Wildman–Crippen LogP) is 10.4. The van der Waals surface area contributed by atoms with E-state index in [-0.39, 0.29) is 21.7 Å². The van der Waals surface area contributed by atoms with Gasteiger partial charge in [-0.3, -0.25) is 0 Å². The molecule has 0 heterocycles. The van der Waals surface area contributed by atoms with E-state index in [1.54, 1.807) is 0 Å². The van der Waals surface area contributed by atoms with E-state index in [0.29, 0.717) is 5.41 Å². The number of hydrogen-bond donors (Lipinski definition) is 0. The Morgan fingerprint density at radius 3 is 1.88 bits per heavy atom. The Labute approximate surface area is 207 Å². The second-order valence-electron chi connectivity index (χ2n) is 13.9. The third-order valence-electron chi connectivity index (χ3n) is 8.90. The minimum atomic E-state index is 0.104. The molecule has 1 heteroatoms. The maximum atomic E-state index is 2.52. The van der Waals surface area contributed by atoms with E-state index in [1.165, 1.54) is 49.0 Å². The molecule has 0 aliphatic rings. The summed E-state index contributed by atoms with van der Waals surface area (Å²) in [4.78, 5) is 0. The Balaban J connectivity index is 2.96. The molecule has 0 aromatic heterocycles. The third kappa shape index (κ3) is 7.54. The van der Waals surface area contributed by atoms with Crippen LogP contribution in [-0.4, -0.2) is 11.0 Å². The lowest BCUT2D eigenvalue weighted by Crippen LogP contribution is -2.44. The lowest BCUT2D eigenvalue weighted by Gasteiger charge is -2.52. The number of rotatable bonds is 12. The van der Waals surface area contributed by atoms with E-state index in [9.17, 15) is 0 Å². The fourth-order valence-corrected chi connectivity index (χ4v) is 6.07. The SMILES string of the molecule is CCCC(C)SCCCC(C)(C)C(C)(C)CC(C)(C)C(C)(C)c1cccc(C(C)(C)C)c1. The van der Waals surface area contributed by atoms with E-state index < -0.39 is 0 Å². The van der Waals surface area contributed by atoms with Crippen LogP contribution in [0.2, 0.25) is 0 Å². The molecule has 1 unspecified atom stereocenters. The monoisotopic (exact) mass is 460 g/mol. The first-order valence-corrected chi connectivity index (χ1v) is 14.1. The zero-order valence-corrected chi connectivity index (χ0v) is 24.9. The molecule has 0 nitrogen and oxygen atoms in total. The number of thioether (sulfide) groups is 1. The van der Waals surface area contributed by atoms with Crippen molar-refractivity contribution in [3.05, 3.63) is 35.4 Å². The molecule has 0 saturated heterocycles. The summed E-state index contributed by atoms with van der Waals surface area (Å²) in [5.74, 6) is 1.30. The van der Waals surface area contributed by atoms with Gasteiger partial charge in [-0.05, 0) is 69.6 Å². The largest absolute Gasteiger partial charge is 0.159 e. The average molecular weight is 461 g/mol. The van der Waals surface area contributed by atoms with Crippen molar-refractivity contribution in [2.45, 2.75) is 138 Å². The Bertz CT molecular complexity index is 699. The molecule has 0 aliphatic heterocycles. The molecule has 0 aliphatic carbocycles. The maximum Gasteiger partial charge on any atom is 0.00186 e. The third-order valence-corrected chi connectivity index (χ3v) is 10.2. The highest BCUT2D eigenvalue weighted by Gasteiger charge is 2.46. The topological polar surface area (TPSA) is 0 Å². The van der Waals surface area contributed by atoms with Crippen LogP contribution in [0, 0.1) is 16.2 Å². The van der Waals surface area contributed by atoms with Crippen LogP contribution >= 0.6 is 11.8 Å². The fraction of sp³-hybridized carbons (Fsp3) is 0.806. The van der Waals surface area contributed by atoms with Crippen molar-refractivity contribution in [2.75, 3.05) is 5.75 Å². The first-order chi connectivity index (χ1) is 14.4. The van der Waals surface area contributed by atoms with Gasteiger partial charge >= 0.3 is 0 Å². The van der Waals surface area contributed by atoms with Crippen molar-refractivity contribution in [3.63, 3.8) is 0 Å². The molecule has 0 saturated carbocycles. The molecule has 0 N–H and O–H groups in total.